The summed E-state index contributed by atoms with van der Waals surface area (Å²) in [5, 5.41) is 15.8. The lowest BCUT2D eigenvalue weighted by Crippen LogP contribution is -2.28. The highest BCUT2D eigenvalue weighted by Gasteiger charge is 2.14. The molecular formula is C21H17FN8O. The zero-order chi connectivity index (χ0) is 21.4. The first-order valence-corrected chi connectivity index (χ1v) is 9.55. The number of pyridine rings is 2. The van der Waals surface area contributed by atoms with Gasteiger partial charge in [-0.2, -0.15) is 10.2 Å². The fourth-order valence-electron chi connectivity index (χ4n) is 3.46. The number of aromatic nitrogens is 6. The minimum Gasteiger partial charge on any atom is -0.382 e. The second kappa shape index (κ2) is 7.48. The van der Waals surface area contributed by atoms with Crippen LogP contribution in [0.1, 0.15) is 10.5 Å². The van der Waals surface area contributed by atoms with Gasteiger partial charge in [-0.3, -0.25) is 14.6 Å². The Morgan fingerprint density at radius 2 is 2.10 bits per heavy atom. The Bertz CT molecular complexity index is 1410. The van der Waals surface area contributed by atoms with E-state index < -0.39 is 11.7 Å². The number of hydrogen-bond donors (Lipinski definition) is 3. The summed E-state index contributed by atoms with van der Waals surface area (Å²) in [6, 6.07) is 10.4. The largest absolute Gasteiger partial charge is 0.382 e. The first-order chi connectivity index (χ1) is 15.1. The van der Waals surface area contributed by atoms with E-state index in [4.69, 9.17) is 5.73 Å². The Morgan fingerprint density at radius 3 is 2.90 bits per heavy atom. The molecule has 31 heavy (non-hydrogen) atoms. The molecule has 0 fully saturated rings. The number of rotatable bonds is 5. The van der Waals surface area contributed by atoms with E-state index in [0.29, 0.717) is 17.9 Å². The first-order valence-electron chi connectivity index (χ1n) is 9.55. The zero-order valence-corrected chi connectivity index (χ0v) is 16.2. The first kappa shape index (κ1) is 18.7. The van der Waals surface area contributed by atoms with Crippen LogP contribution in [0, 0.1) is 5.82 Å². The van der Waals surface area contributed by atoms with Gasteiger partial charge in [-0.15, -0.1) is 0 Å². The van der Waals surface area contributed by atoms with Crippen LogP contribution in [0.3, 0.4) is 0 Å². The molecule has 0 aliphatic rings. The monoisotopic (exact) mass is 416 g/mol. The van der Waals surface area contributed by atoms with Gasteiger partial charge in [0.1, 0.15) is 5.52 Å². The molecule has 0 saturated heterocycles. The van der Waals surface area contributed by atoms with Crippen LogP contribution in [-0.2, 0) is 6.54 Å². The molecule has 0 aliphatic carbocycles. The van der Waals surface area contributed by atoms with Crippen molar-refractivity contribution in [1.29, 1.82) is 0 Å². The van der Waals surface area contributed by atoms with Gasteiger partial charge in [0.2, 0.25) is 0 Å². The van der Waals surface area contributed by atoms with Crippen molar-refractivity contribution in [2.45, 2.75) is 6.54 Å². The lowest BCUT2D eigenvalue weighted by atomic mass is 10.1. The van der Waals surface area contributed by atoms with Gasteiger partial charge in [0.25, 0.3) is 5.91 Å². The molecule has 154 valence electrons. The number of nitrogens with zero attached hydrogens (tertiary/aromatic N) is 5. The number of fused-ring (bicyclic) bond motifs is 3. The molecule has 5 rings (SSSR count). The molecule has 4 aromatic heterocycles. The third-order valence-corrected chi connectivity index (χ3v) is 4.94. The van der Waals surface area contributed by atoms with Crippen LogP contribution in [0.5, 0.6) is 0 Å². The van der Waals surface area contributed by atoms with Crippen LogP contribution in [-0.4, -0.2) is 42.4 Å². The molecule has 0 unspecified atom stereocenters. The SMILES string of the molecule is Nc1nc2cc(-c3ccn[nH]3)ccc2c2cn(CCNC(=O)c3ncccc3F)nc12. The van der Waals surface area contributed by atoms with Gasteiger partial charge < -0.3 is 11.1 Å². The number of nitrogens with two attached hydrogens (primary N) is 1. The maximum Gasteiger partial charge on any atom is 0.272 e. The molecule has 0 saturated carbocycles. The molecule has 0 radical (unpaired) electrons. The van der Waals surface area contributed by atoms with Crippen LogP contribution in [0.4, 0.5) is 10.2 Å². The molecule has 4 N–H and O–H groups in total. The predicted molar refractivity (Wildman–Crippen MR) is 114 cm³/mol. The molecule has 10 heteroatoms. The maximum absolute atomic E-state index is 13.7. The number of nitrogen functional groups attached to an aromatic ring is 1. The summed E-state index contributed by atoms with van der Waals surface area (Å²) in [6.07, 6.45) is 4.92. The minimum absolute atomic E-state index is 0.236. The lowest BCUT2D eigenvalue weighted by Gasteiger charge is -2.05. The summed E-state index contributed by atoms with van der Waals surface area (Å²) >= 11 is 0. The summed E-state index contributed by atoms with van der Waals surface area (Å²) < 4.78 is 15.4. The average Bonchev–Trinajstić information content (AvgIpc) is 3.44. The van der Waals surface area contributed by atoms with Crippen molar-refractivity contribution in [1.82, 2.24) is 35.3 Å². The van der Waals surface area contributed by atoms with E-state index in [9.17, 15) is 9.18 Å². The van der Waals surface area contributed by atoms with Crippen molar-refractivity contribution < 1.29 is 9.18 Å². The van der Waals surface area contributed by atoms with Crippen molar-refractivity contribution in [3.8, 4) is 11.3 Å². The van der Waals surface area contributed by atoms with Gasteiger partial charge in [-0.05, 0) is 24.3 Å². The molecule has 9 nitrogen and oxygen atoms in total. The van der Waals surface area contributed by atoms with Gasteiger partial charge >= 0.3 is 0 Å². The molecule has 0 aliphatic heterocycles. The van der Waals surface area contributed by atoms with Crippen molar-refractivity contribution in [2.24, 2.45) is 0 Å². The highest BCUT2D eigenvalue weighted by atomic mass is 19.1. The number of benzene rings is 1. The fourth-order valence-corrected chi connectivity index (χ4v) is 3.46. The van der Waals surface area contributed by atoms with E-state index in [1.807, 2.05) is 30.5 Å². The predicted octanol–water partition coefficient (Wildman–Crippen LogP) is 2.52. The molecule has 0 atom stereocenters. The van der Waals surface area contributed by atoms with E-state index in [0.717, 1.165) is 27.5 Å². The summed E-state index contributed by atoms with van der Waals surface area (Å²) in [6.45, 7) is 0.625. The fraction of sp³-hybridized carbons (Fsp3) is 0.0952. The Morgan fingerprint density at radius 1 is 1.19 bits per heavy atom. The van der Waals surface area contributed by atoms with Gasteiger partial charge in [-0.25, -0.2) is 14.4 Å². The van der Waals surface area contributed by atoms with E-state index in [1.54, 1.807) is 10.9 Å². The third-order valence-electron chi connectivity index (χ3n) is 4.94. The summed E-state index contributed by atoms with van der Waals surface area (Å²) in [5.41, 5.74) is 9.08. The number of carbonyl (C=O) groups excluding carboxylic acids is 1. The van der Waals surface area contributed by atoms with Gasteiger partial charge in [0, 0.05) is 41.5 Å². The Hall–Kier alpha value is -4.34. The van der Waals surface area contributed by atoms with Crippen LogP contribution < -0.4 is 11.1 Å². The van der Waals surface area contributed by atoms with E-state index in [1.165, 1.54) is 18.3 Å². The van der Waals surface area contributed by atoms with Gasteiger partial charge in [0.05, 0.1) is 17.8 Å². The number of H-pyrrole nitrogens is 1. The van der Waals surface area contributed by atoms with Crippen molar-refractivity contribution in [3.63, 3.8) is 0 Å². The summed E-state index contributed by atoms with van der Waals surface area (Å²) in [5.74, 6) is -0.917. The van der Waals surface area contributed by atoms with Crippen molar-refractivity contribution in [2.75, 3.05) is 12.3 Å². The van der Waals surface area contributed by atoms with E-state index in [-0.39, 0.29) is 12.2 Å². The van der Waals surface area contributed by atoms with Crippen LogP contribution in [0.25, 0.3) is 33.1 Å². The Kier molecular flexibility index (Phi) is 4.51. The van der Waals surface area contributed by atoms with Gasteiger partial charge in [-0.1, -0.05) is 12.1 Å². The molecule has 0 spiro atoms. The molecule has 0 bridgehead atoms. The number of halogens is 1. The topological polar surface area (TPSA) is 127 Å². The Labute approximate surface area is 175 Å². The zero-order valence-electron chi connectivity index (χ0n) is 16.2. The average molecular weight is 416 g/mol. The molecule has 4 heterocycles. The van der Waals surface area contributed by atoms with E-state index in [2.05, 4.69) is 30.6 Å². The second-order valence-corrected chi connectivity index (χ2v) is 6.94. The highest BCUT2D eigenvalue weighted by Crippen LogP contribution is 2.29. The van der Waals surface area contributed by atoms with Crippen LogP contribution in [0.2, 0.25) is 0 Å². The lowest BCUT2D eigenvalue weighted by molar-refractivity contribution is 0.0942. The van der Waals surface area contributed by atoms with Crippen LogP contribution in [0.15, 0.2) is 55.0 Å². The Balaban J connectivity index is 1.39. The highest BCUT2D eigenvalue weighted by molar-refractivity contribution is 6.08. The number of anilines is 1. The molecule has 1 amide bonds. The summed E-state index contributed by atoms with van der Waals surface area (Å²) in [7, 11) is 0. The standard InChI is InChI=1S/C21H17FN8O/c22-15-2-1-6-24-19(15)21(31)25-8-9-30-11-14-13-4-3-12(16-5-7-26-28-16)10-17(13)27-20(23)18(14)29-30/h1-7,10-11H,8-9H2,(H2,23,27)(H,25,31)(H,26,28). The van der Waals surface area contributed by atoms with Gasteiger partial charge in [0.15, 0.2) is 17.3 Å². The molecule has 5 aromatic rings. The molecular weight excluding hydrogens is 399 g/mol. The second-order valence-electron chi connectivity index (χ2n) is 6.94. The van der Waals surface area contributed by atoms with E-state index >= 15 is 0 Å². The van der Waals surface area contributed by atoms with Crippen molar-refractivity contribution >= 4 is 33.5 Å². The van der Waals surface area contributed by atoms with Crippen molar-refractivity contribution in [3.05, 3.63) is 66.5 Å². The number of nitrogens with one attached hydrogen (secondary N) is 2. The minimum atomic E-state index is -0.662. The quantitative estimate of drug-likeness (QED) is 0.404. The van der Waals surface area contributed by atoms with Crippen LogP contribution >= 0.6 is 0 Å². The third kappa shape index (κ3) is 3.44. The number of carbonyl (C=O) groups is 1. The molecule has 1 aromatic carbocycles. The number of amides is 1. The smallest absolute Gasteiger partial charge is 0.272 e. The number of hydrogen-bond acceptors (Lipinski definition) is 6. The number of aromatic amines is 1. The summed E-state index contributed by atoms with van der Waals surface area (Å²) in [4.78, 5) is 20.4. The maximum atomic E-state index is 13.7. The normalized spacial score (nSPS) is 11.3.